The summed E-state index contributed by atoms with van der Waals surface area (Å²) in [5.74, 6) is -1.19. The van der Waals surface area contributed by atoms with Crippen molar-refractivity contribution in [2.45, 2.75) is 51.5 Å². The van der Waals surface area contributed by atoms with E-state index in [1.165, 1.54) is 0 Å². The number of hydrogen-bond donors (Lipinski definition) is 3. The maximum Gasteiger partial charge on any atom is 0.326 e. The second-order valence-corrected chi connectivity index (χ2v) is 4.11. The fourth-order valence-corrected chi connectivity index (χ4v) is 1.45. The summed E-state index contributed by atoms with van der Waals surface area (Å²) < 4.78 is 0. The summed E-state index contributed by atoms with van der Waals surface area (Å²) in [6.45, 7) is 5.45. The van der Waals surface area contributed by atoms with Gasteiger partial charge in [-0.25, -0.2) is 4.79 Å². The number of nitrogens with two attached hydrogens (primary N) is 1. The standard InChI is InChI=1S/C12H22N2O3/c1-3-6-11(15)14-10(12(16)17)8-5-4-7-9(2)13/h10H,2-8,13H2,1H3,(H,14,15)(H,16,17). The molecule has 0 aliphatic carbocycles. The fourth-order valence-electron chi connectivity index (χ4n) is 1.45. The number of allylic oxidation sites excluding steroid dienone is 1. The van der Waals surface area contributed by atoms with Crippen LogP contribution in [0.1, 0.15) is 45.4 Å². The molecule has 0 saturated heterocycles. The monoisotopic (exact) mass is 242 g/mol. The molecule has 5 heteroatoms. The molecule has 1 unspecified atom stereocenters. The minimum absolute atomic E-state index is 0.205. The third-order valence-corrected chi connectivity index (χ3v) is 2.35. The molecule has 0 rings (SSSR count). The van der Waals surface area contributed by atoms with Crippen LogP contribution in [0.25, 0.3) is 0 Å². The Morgan fingerprint density at radius 2 is 2.00 bits per heavy atom. The average molecular weight is 242 g/mol. The number of carboxylic acid groups (broad SMARTS) is 1. The molecule has 98 valence electrons. The van der Waals surface area contributed by atoms with Crippen molar-refractivity contribution in [3.8, 4) is 0 Å². The number of amides is 1. The van der Waals surface area contributed by atoms with E-state index in [4.69, 9.17) is 10.8 Å². The zero-order valence-corrected chi connectivity index (χ0v) is 10.4. The number of carbonyl (C=O) groups excluding carboxylic acids is 1. The SMILES string of the molecule is C=C(N)CCCCC(NC(=O)CCC)C(=O)O. The summed E-state index contributed by atoms with van der Waals surface area (Å²) in [4.78, 5) is 22.2. The number of rotatable bonds is 9. The first-order valence-corrected chi connectivity index (χ1v) is 5.92. The van der Waals surface area contributed by atoms with Gasteiger partial charge < -0.3 is 16.2 Å². The van der Waals surface area contributed by atoms with E-state index in [1.54, 1.807) is 0 Å². The molecule has 0 bridgehead atoms. The number of carbonyl (C=O) groups is 2. The van der Waals surface area contributed by atoms with Gasteiger partial charge in [0, 0.05) is 12.1 Å². The van der Waals surface area contributed by atoms with E-state index >= 15 is 0 Å². The van der Waals surface area contributed by atoms with Crippen LogP contribution in [0, 0.1) is 0 Å². The summed E-state index contributed by atoms with van der Waals surface area (Å²) in [6.07, 6.45) is 3.70. The molecule has 17 heavy (non-hydrogen) atoms. The highest BCUT2D eigenvalue weighted by Gasteiger charge is 2.18. The summed E-state index contributed by atoms with van der Waals surface area (Å²) in [6, 6.07) is -0.792. The van der Waals surface area contributed by atoms with Gasteiger partial charge >= 0.3 is 5.97 Å². The van der Waals surface area contributed by atoms with E-state index in [-0.39, 0.29) is 5.91 Å². The van der Waals surface area contributed by atoms with Crippen LogP contribution in [0.4, 0.5) is 0 Å². The zero-order valence-electron chi connectivity index (χ0n) is 10.4. The van der Waals surface area contributed by atoms with Crippen LogP contribution in [0.3, 0.4) is 0 Å². The Labute approximate surface area is 102 Å². The molecule has 0 aromatic carbocycles. The zero-order chi connectivity index (χ0) is 13.3. The van der Waals surface area contributed by atoms with Gasteiger partial charge in [-0.1, -0.05) is 19.9 Å². The van der Waals surface area contributed by atoms with Gasteiger partial charge in [0.15, 0.2) is 0 Å². The van der Waals surface area contributed by atoms with Gasteiger partial charge in [0.2, 0.25) is 5.91 Å². The molecular formula is C12H22N2O3. The van der Waals surface area contributed by atoms with Crippen molar-refractivity contribution in [1.82, 2.24) is 5.32 Å². The Kier molecular flexibility index (Phi) is 7.84. The van der Waals surface area contributed by atoms with Gasteiger partial charge in [0.1, 0.15) is 6.04 Å². The van der Waals surface area contributed by atoms with Crippen LogP contribution in [-0.4, -0.2) is 23.0 Å². The molecular weight excluding hydrogens is 220 g/mol. The molecule has 4 N–H and O–H groups in total. The summed E-state index contributed by atoms with van der Waals surface area (Å²) >= 11 is 0. The average Bonchev–Trinajstić information content (AvgIpc) is 2.22. The molecule has 5 nitrogen and oxygen atoms in total. The molecule has 1 atom stereocenters. The number of nitrogens with one attached hydrogen (secondary N) is 1. The third kappa shape index (κ3) is 8.30. The van der Waals surface area contributed by atoms with E-state index in [2.05, 4.69) is 11.9 Å². The number of hydrogen-bond acceptors (Lipinski definition) is 3. The van der Waals surface area contributed by atoms with Crippen molar-refractivity contribution in [2.24, 2.45) is 5.73 Å². The molecule has 0 aromatic rings. The second-order valence-electron chi connectivity index (χ2n) is 4.11. The highest BCUT2D eigenvalue weighted by Crippen LogP contribution is 2.06. The van der Waals surface area contributed by atoms with Crippen molar-refractivity contribution < 1.29 is 14.7 Å². The smallest absolute Gasteiger partial charge is 0.326 e. The first-order chi connectivity index (χ1) is 7.97. The fraction of sp³-hybridized carbons (Fsp3) is 0.667. The van der Waals surface area contributed by atoms with Crippen molar-refractivity contribution >= 4 is 11.9 Å². The lowest BCUT2D eigenvalue weighted by molar-refractivity contribution is -0.142. The van der Waals surface area contributed by atoms with Gasteiger partial charge in [-0.05, 0) is 25.7 Å². The Balaban J connectivity index is 3.95. The Bertz CT molecular complexity index is 277. The molecule has 0 aromatic heterocycles. The minimum Gasteiger partial charge on any atom is -0.480 e. The van der Waals surface area contributed by atoms with Gasteiger partial charge in [-0.2, -0.15) is 0 Å². The lowest BCUT2D eigenvalue weighted by Crippen LogP contribution is -2.40. The van der Waals surface area contributed by atoms with Crippen LogP contribution in [-0.2, 0) is 9.59 Å². The highest BCUT2D eigenvalue weighted by molar-refractivity contribution is 5.83. The normalized spacial score (nSPS) is 11.8. The summed E-state index contributed by atoms with van der Waals surface area (Å²) in [5.41, 5.74) is 6.01. The lowest BCUT2D eigenvalue weighted by atomic mass is 10.1. The summed E-state index contributed by atoms with van der Waals surface area (Å²) in [5, 5.41) is 11.5. The van der Waals surface area contributed by atoms with Gasteiger partial charge in [0.05, 0.1) is 0 Å². The second kappa shape index (κ2) is 8.61. The highest BCUT2D eigenvalue weighted by atomic mass is 16.4. The number of unbranched alkanes of at least 4 members (excludes halogenated alkanes) is 1. The Hall–Kier alpha value is -1.52. The van der Waals surface area contributed by atoms with Crippen molar-refractivity contribution in [3.05, 3.63) is 12.3 Å². The first-order valence-electron chi connectivity index (χ1n) is 5.92. The summed E-state index contributed by atoms with van der Waals surface area (Å²) in [7, 11) is 0. The van der Waals surface area contributed by atoms with Crippen LogP contribution >= 0.6 is 0 Å². The molecule has 0 aliphatic rings. The van der Waals surface area contributed by atoms with Gasteiger partial charge in [-0.15, -0.1) is 0 Å². The van der Waals surface area contributed by atoms with Gasteiger partial charge in [-0.3, -0.25) is 4.79 Å². The van der Waals surface area contributed by atoms with Crippen molar-refractivity contribution in [3.63, 3.8) is 0 Å². The quantitative estimate of drug-likeness (QED) is 0.533. The molecule has 0 fully saturated rings. The third-order valence-electron chi connectivity index (χ3n) is 2.35. The van der Waals surface area contributed by atoms with Crippen LogP contribution in [0.15, 0.2) is 12.3 Å². The number of aliphatic carboxylic acids is 1. The van der Waals surface area contributed by atoms with Crippen LogP contribution in [0.2, 0.25) is 0 Å². The van der Waals surface area contributed by atoms with E-state index in [0.29, 0.717) is 37.8 Å². The molecule has 0 spiro atoms. The van der Waals surface area contributed by atoms with Gasteiger partial charge in [0.25, 0.3) is 0 Å². The predicted molar refractivity (Wildman–Crippen MR) is 66.3 cm³/mol. The minimum atomic E-state index is -0.985. The largest absolute Gasteiger partial charge is 0.480 e. The molecule has 0 radical (unpaired) electrons. The van der Waals surface area contributed by atoms with E-state index < -0.39 is 12.0 Å². The molecule has 0 heterocycles. The van der Waals surface area contributed by atoms with Crippen LogP contribution < -0.4 is 11.1 Å². The van der Waals surface area contributed by atoms with Crippen molar-refractivity contribution in [2.75, 3.05) is 0 Å². The maximum absolute atomic E-state index is 11.3. The van der Waals surface area contributed by atoms with E-state index in [1.807, 2.05) is 6.92 Å². The van der Waals surface area contributed by atoms with Crippen LogP contribution in [0.5, 0.6) is 0 Å². The maximum atomic E-state index is 11.3. The molecule has 0 aliphatic heterocycles. The van der Waals surface area contributed by atoms with E-state index in [9.17, 15) is 9.59 Å². The Morgan fingerprint density at radius 3 is 2.47 bits per heavy atom. The molecule has 0 saturated carbocycles. The predicted octanol–water partition coefficient (Wildman–Crippen LogP) is 1.39. The first kappa shape index (κ1) is 15.5. The van der Waals surface area contributed by atoms with Crippen molar-refractivity contribution in [1.29, 1.82) is 0 Å². The topological polar surface area (TPSA) is 92.4 Å². The molecule has 1 amide bonds. The lowest BCUT2D eigenvalue weighted by Gasteiger charge is -2.14. The Morgan fingerprint density at radius 1 is 1.35 bits per heavy atom. The van der Waals surface area contributed by atoms with E-state index in [0.717, 1.165) is 6.42 Å². The number of carboxylic acids is 1.